The molecule has 4 nitrogen and oxygen atoms in total. The smallest absolute Gasteiger partial charge is 0.233 e. The predicted octanol–water partition coefficient (Wildman–Crippen LogP) is 4.19. The molecule has 1 aliphatic heterocycles. The molecule has 1 aliphatic rings. The van der Waals surface area contributed by atoms with Gasteiger partial charge in [-0.25, -0.2) is 9.37 Å². The van der Waals surface area contributed by atoms with Gasteiger partial charge in [0.2, 0.25) is 5.91 Å². The zero-order chi connectivity index (χ0) is 17.9. The second kappa shape index (κ2) is 7.51. The minimum Gasteiger partial charge on any atom is -0.376 e. The molecular formula is C20H19FN2O2S. The van der Waals surface area contributed by atoms with Crippen molar-refractivity contribution in [2.75, 3.05) is 18.1 Å². The SMILES string of the molecule is O=C(Cc1ccccc1F)N(C[C@@H]1CCCO1)c1nc2ccccc2s1. The summed E-state index contributed by atoms with van der Waals surface area (Å²) in [4.78, 5) is 19.3. The molecule has 6 heteroatoms. The van der Waals surface area contributed by atoms with Crippen LogP contribution in [0.3, 0.4) is 0 Å². The molecule has 134 valence electrons. The van der Waals surface area contributed by atoms with E-state index in [1.54, 1.807) is 23.1 Å². The second-order valence-electron chi connectivity index (χ2n) is 6.37. The summed E-state index contributed by atoms with van der Waals surface area (Å²) >= 11 is 1.48. The molecule has 0 bridgehead atoms. The molecule has 0 N–H and O–H groups in total. The van der Waals surface area contributed by atoms with Gasteiger partial charge in [-0.05, 0) is 36.6 Å². The van der Waals surface area contributed by atoms with Crippen LogP contribution < -0.4 is 4.90 Å². The van der Waals surface area contributed by atoms with E-state index in [9.17, 15) is 9.18 Å². The number of aromatic nitrogens is 1. The first-order valence-corrected chi connectivity index (χ1v) is 9.53. The van der Waals surface area contributed by atoms with Crippen LogP contribution in [0, 0.1) is 5.82 Å². The third-order valence-electron chi connectivity index (χ3n) is 4.52. The van der Waals surface area contributed by atoms with E-state index in [-0.39, 0.29) is 24.2 Å². The van der Waals surface area contributed by atoms with Gasteiger partial charge in [0.25, 0.3) is 0 Å². The Morgan fingerprint density at radius 2 is 2.04 bits per heavy atom. The molecular weight excluding hydrogens is 351 g/mol. The largest absolute Gasteiger partial charge is 0.376 e. The second-order valence-corrected chi connectivity index (χ2v) is 7.38. The summed E-state index contributed by atoms with van der Waals surface area (Å²) in [7, 11) is 0. The lowest BCUT2D eigenvalue weighted by atomic mass is 10.1. The standard InChI is InChI=1S/C20H19FN2O2S/c21-16-8-2-1-6-14(16)12-19(24)23(13-15-7-5-11-25-15)20-22-17-9-3-4-10-18(17)26-20/h1-4,6,8-10,15H,5,7,11-13H2/t15-/m0/s1. The van der Waals surface area contributed by atoms with Gasteiger partial charge in [-0.1, -0.05) is 41.7 Å². The van der Waals surface area contributed by atoms with E-state index in [0.29, 0.717) is 17.2 Å². The van der Waals surface area contributed by atoms with E-state index >= 15 is 0 Å². The monoisotopic (exact) mass is 370 g/mol. The van der Waals surface area contributed by atoms with Crippen LogP contribution in [0.25, 0.3) is 10.2 Å². The summed E-state index contributed by atoms with van der Waals surface area (Å²) in [5.74, 6) is -0.521. The van der Waals surface area contributed by atoms with Crippen LogP contribution in [-0.4, -0.2) is 30.1 Å². The van der Waals surface area contributed by atoms with E-state index < -0.39 is 0 Å². The van der Waals surface area contributed by atoms with Crippen molar-refractivity contribution < 1.29 is 13.9 Å². The minimum absolute atomic E-state index is 0.00609. The fraction of sp³-hybridized carbons (Fsp3) is 0.300. The average Bonchev–Trinajstić information content (AvgIpc) is 3.30. The van der Waals surface area contributed by atoms with Crippen LogP contribution in [0.4, 0.5) is 9.52 Å². The quantitative estimate of drug-likeness (QED) is 0.676. The Balaban J connectivity index is 1.63. The van der Waals surface area contributed by atoms with Crippen molar-refractivity contribution in [2.24, 2.45) is 0 Å². The molecule has 2 aromatic carbocycles. The number of benzene rings is 2. The lowest BCUT2D eigenvalue weighted by Gasteiger charge is -2.23. The number of carbonyl (C=O) groups is 1. The van der Waals surface area contributed by atoms with Crippen LogP contribution in [0.2, 0.25) is 0 Å². The number of halogens is 1. The average molecular weight is 370 g/mol. The van der Waals surface area contributed by atoms with Crippen molar-refractivity contribution >= 4 is 32.6 Å². The van der Waals surface area contributed by atoms with Gasteiger partial charge in [0.1, 0.15) is 5.82 Å². The summed E-state index contributed by atoms with van der Waals surface area (Å²) < 4.78 is 20.7. The maximum atomic E-state index is 14.0. The number of para-hydroxylation sites is 1. The molecule has 0 unspecified atom stereocenters. The van der Waals surface area contributed by atoms with Crippen LogP contribution in [0.15, 0.2) is 48.5 Å². The molecule has 4 rings (SSSR count). The third-order valence-corrected chi connectivity index (χ3v) is 5.58. The first kappa shape index (κ1) is 17.1. The van der Waals surface area contributed by atoms with E-state index in [2.05, 4.69) is 4.98 Å². The summed E-state index contributed by atoms with van der Waals surface area (Å²) in [6, 6.07) is 14.2. The number of thiazole rings is 1. The highest BCUT2D eigenvalue weighted by Crippen LogP contribution is 2.30. The third kappa shape index (κ3) is 3.61. The zero-order valence-electron chi connectivity index (χ0n) is 14.2. The molecule has 1 atom stereocenters. The Morgan fingerprint density at radius 3 is 2.81 bits per heavy atom. The van der Waals surface area contributed by atoms with E-state index in [4.69, 9.17) is 4.74 Å². The van der Waals surface area contributed by atoms with Crippen LogP contribution in [-0.2, 0) is 16.0 Å². The van der Waals surface area contributed by atoms with Gasteiger partial charge in [0, 0.05) is 6.61 Å². The lowest BCUT2D eigenvalue weighted by Crippen LogP contribution is -2.38. The lowest BCUT2D eigenvalue weighted by molar-refractivity contribution is -0.118. The van der Waals surface area contributed by atoms with Gasteiger partial charge in [-0.3, -0.25) is 9.69 Å². The molecule has 0 saturated carbocycles. The molecule has 0 spiro atoms. The number of nitrogens with zero attached hydrogens (tertiary/aromatic N) is 2. The summed E-state index contributed by atoms with van der Waals surface area (Å²) in [5.41, 5.74) is 1.26. The highest BCUT2D eigenvalue weighted by atomic mass is 32.1. The Kier molecular flexibility index (Phi) is 4.95. The number of hydrogen-bond donors (Lipinski definition) is 0. The van der Waals surface area contributed by atoms with E-state index in [1.807, 2.05) is 24.3 Å². The van der Waals surface area contributed by atoms with Crippen molar-refractivity contribution in [3.05, 3.63) is 59.9 Å². The number of hydrogen-bond acceptors (Lipinski definition) is 4. The van der Waals surface area contributed by atoms with Crippen LogP contribution in [0.5, 0.6) is 0 Å². The van der Waals surface area contributed by atoms with Crippen molar-refractivity contribution in [2.45, 2.75) is 25.4 Å². The first-order valence-electron chi connectivity index (χ1n) is 8.71. The van der Waals surface area contributed by atoms with Gasteiger partial charge in [0.15, 0.2) is 5.13 Å². The number of fused-ring (bicyclic) bond motifs is 1. The topological polar surface area (TPSA) is 42.4 Å². The maximum Gasteiger partial charge on any atom is 0.233 e. The Bertz CT molecular complexity index is 888. The summed E-state index contributed by atoms with van der Waals surface area (Å²) in [6.45, 7) is 1.17. The molecule has 1 aromatic heterocycles. The van der Waals surface area contributed by atoms with Crippen molar-refractivity contribution in [1.29, 1.82) is 0 Å². The normalized spacial score (nSPS) is 16.9. The highest BCUT2D eigenvalue weighted by molar-refractivity contribution is 7.22. The predicted molar refractivity (Wildman–Crippen MR) is 101 cm³/mol. The highest BCUT2D eigenvalue weighted by Gasteiger charge is 2.26. The molecule has 3 aromatic rings. The Hall–Kier alpha value is -2.31. The van der Waals surface area contributed by atoms with Crippen LogP contribution in [0.1, 0.15) is 18.4 Å². The first-order chi connectivity index (χ1) is 12.7. The number of amides is 1. The number of anilines is 1. The van der Waals surface area contributed by atoms with E-state index in [1.165, 1.54) is 17.4 Å². The Morgan fingerprint density at radius 1 is 1.23 bits per heavy atom. The fourth-order valence-electron chi connectivity index (χ4n) is 3.15. The zero-order valence-corrected chi connectivity index (χ0v) is 15.0. The molecule has 1 amide bonds. The summed E-state index contributed by atoms with van der Waals surface area (Å²) in [6.07, 6.45) is 1.94. The Labute approximate surface area is 155 Å². The van der Waals surface area contributed by atoms with Gasteiger partial charge < -0.3 is 4.74 Å². The van der Waals surface area contributed by atoms with Crippen molar-refractivity contribution in [3.63, 3.8) is 0 Å². The summed E-state index contributed by atoms with van der Waals surface area (Å²) in [5, 5.41) is 0.642. The van der Waals surface area contributed by atoms with E-state index in [0.717, 1.165) is 29.7 Å². The van der Waals surface area contributed by atoms with Gasteiger partial charge in [-0.15, -0.1) is 0 Å². The molecule has 0 aliphatic carbocycles. The van der Waals surface area contributed by atoms with Crippen molar-refractivity contribution in [1.82, 2.24) is 4.98 Å². The number of carbonyl (C=O) groups excluding carboxylic acids is 1. The van der Waals surface area contributed by atoms with Gasteiger partial charge in [0.05, 0.1) is 29.3 Å². The fourth-order valence-corrected chi connectivity index (χ4v) is 4.15. The molecule has 2 heterocycles. The molecule has 0 radical (unpaired) electrons. The number of ether oxygens (including phenoxy) is 1. The maximum absolute atomic E-state index is 14.0. The molecule has 26 heavy (non-hydrogen) atoms. The number of rotatable bonds is 5. The van der Waals surface area contributed by atoms with Gasteiger partial charge >= 0.3 is 0 Å². The molecule has 1 saturated heterocycles. The van der Waals surface area contributed by atoms with Crippen molar-refractivity contribution in [3.8, 4) is 0 Å². The van der Waals surface area contributed by atoms with Crippen LogP contribution >= 0.6 is 11.3 Å². The molecule has 1 fully saturated rings. The van der Waals surface area contributed by atoms with Gasteiger partial charge in [-0.2, -0.15) is 0 Å². The minimum atomic E-state index is -0.359.